The lowest BCUT2D eigenvalue weighted by atomic mass is 9.96. The highest BCUT2D eigenvalue weighted by atomic mass is 16.5. The molecule has 1 atom stereocenters. The van der Waals surface area contributed by atoms with E-state index in [-0.39, 0.29) is 12.0 Å². The summed E-state index contributed by atoms with van der Waals surface area (Å²) in [5, 5.41) is 0. The highest BCUT2D eigenvalue weighted by Crippen LogP contribution is 2.22. The molecule has 0 aliphatic rings. The average Bonchev–Trinajstić information content (AvgIpc) is 2.56. The largest absolute Gasteiger partial charge is 0.489 e. The van der Waals surface area contributed by atoms with E-state index >= 15 is 0 Å². The van der Waals surface area contributed by atoms with Gasteiger partial charge in [0.05, 0.1) is 0 Å². The van der Waals surface area contributed by atoms with Gasteiger partial charge >= 0.3 is 0 Å². The number of rotatable bonds is 13. The minimum Gasteiger partial charge on any atom is -0.489 e. The Bertz CT molecular complexity index is 388. The van der Waals surface area contributed by atoms with E-state index in [4.69, 9.17) is 4.74 Å². The second-order valence-corrected chi connectivity index (χ2v) is 5.93. The molecule has 1 unspecified atom stereocenters. The van der Waals surface area contributed by atoms with E-state index in [9.17, 15) is 0 Å². The smallest absolute Gasteiger partial charge is 0.119 e. The lowest BCUT2D eigenvalue weighted by molar-refractivity contribution is 0.161. The molecule has 1 heteroatoms. The van der Waals surface area contributed by atoms with Crippen molar-refractivity contribution in [3.63, 3.8) is 0 Å². The van der Waals surface area contributed by atoms with Gasteiger partial charge in [0, 0.05) is 5.92 Å². The zero-order valence-corrected chi connectivity index (χ0v) is 14.2. The summed E-state index contributed by atoms with van der Waals surface area (Å²) in [6, 6.07) is 10.1. The van der Waals surface area contributed by atoms with E-state index in [0.717, 1.165) is 12.2 Å². The van der Waals surface area contributed by atoms with Crippen LogP contribution in [-0.4, -0.2) is 6.10 Å². The molecule has 0 saturated heterocycles. The molecule has 1 nitrogen and oxygen atoms in total. The maximum Gasteiger partial charge on any atom is 0.119 e. The number of ether oxygens (including phenoxy) is 1. The summed E-state index contributed by atoms with van der Waals surface area (Å²) in [6.07, 6.45) is 14.4. The fourth-order valence-electron chi connectivity index (χ4n) is 2.71. The van der Waals surface area contributed by atoms with Gasteiger partial charge in [0.25, 0.3) is 0 Å². The number of benzene rings is 1. The van der Waals surface area contributed by atoms with Gasteiger partial charge in [0.2, 0.25) is 0 Å². The summed E-state index contributed by atoms with van der Waals surface area (Å²) in [6.45, 7) is 10.1. The normalized spacial score (nSPS) is 12.1. The van der Waals surface area contributed by atoms with Gasteiger partial charge in [-0.2, -0.15) is 0 Å². The van der Waals surface area contributed by atoms with E-state index in [0.29, 0.717) is 0 Å². The van der Waals surface area contributed by atoms with Crippen molar-refractivity contribution in [3.05, 3.63) is 55.6 Å². The summed E-state index contributed by atoms with van der Waals surface area (Å²) in [4.78, 5) is 0. The lowest BCUT2D eigenvalue weighted by Gasteiger charge is -2.23. The Hall–Kier alpha value is -1.50. The van der Waals surface area contributed by atoms with Crippen LogP contribution in [0.4, 0.5) is 0 Å². The SMILES string of the molecule is C=CC(C=C)C(CCCCCCCCC)Oc1ccccc1. The van der Waals surface area contributed by atoms with Crippen LogP contribution in [0, 0.1) is 5.92 Å². The van der Waals surface area contributed by atoms with E-state index in [1.165, 1.54) is 44.9 Å². The number of para-hydroxylation sites is 1. The molecule has 0 N–H and O–H groups in total. The third kappa shape index (κ3) is 7.49. The van der Waals surface area contributed by atoms with Crippen molar-refractivity contribution in [2.24, 2.45) is 5.92 Å². The van der Waals surface area contributed by atoms with Crippen LogP contribution in [0.2, 0.25) is 0 Å². The fourth-order valence-corrected chi connectivity index (χ4v) is 2.71. The first kappa shape index (κ1) is 18.5. The molecule has 0 fully saturated rings. The first-order valence-corrected chi connectivity index (χ1v) is 8.78. The Morgan fingerprint density at radius 1 is 0.909 bits per heavy atom. The van der Waals surface area contributed by atoms with Gasteiger partial charge in [0.15, 0.2) is 0 Å². The molecule has 1 aromatic carbocycles. The Morgan fingerprint density at radius 3 is 2.09 bits per heavy atom. The minimum absolute atomic E-state index is 0.146. The van der Waals surface area contributed by atoms with Crippen LogP contribution in [0.5, 0.6) is 5.75 Å². The molecule has 0 saturated carbocycles. The quantitative estimate of drug-likeness (QED) is 0.296. The van der Waals surface area contributed by atoms with Gasteiger partial charge in [-0.3, -0.25) is 0 Å². The maximum atomic E-state index is 6.16. The highest BCUT2D eigenvalue weighted by Gasteiger charge is 2.17. The Kier molecular flexibility index (Phi) is 10.2. The molecule has 1 rings (SSSR count). The van der Waals surface area contributed by atoms with Crippen LogP contribution in [0.15, 0.2) is 55.6 Å². The molecule has 0 amide bonds. The van der Waals surface area contributed by atoms with Crippen LogP contribution in [0.25, 0.3) is 0 Å². The molecule has 0 spiro atoms. The number of hydrogen-bond acceptors (Lipinski definition) is 1. The van der Waals surface area contributed by atoms with Crippen molar-refractivity contribution in [1.82, 2.24) is 0 Å². The van der Waals surface area contributed by atoms with E-state index in [1.54, 1.807) is 0 Å². The Morgan fingerprint density at radius 2 is 1.50 bits per heavy atom. The highest BCUT2D eigenvalue weighted by molar-refractivity contribution is 5.21. The van der Waals surface area contributed by atoms with Crippen LogP contribution in [-0.2, 0) is 0 Å². The fraction of sp³-hybridized carbons (Fsp3) is 0.524. The summed E-state index contributed by atoms with van der Waals surface area (Å²) in [7, 11) is 0. The third-order valence-corrected chi connectivity index (χ3v) is 4.10. The number of unbranched alkanes of at least 4 members (excludes halogenated alkanes) is 6. The molecule has 0 bridgehead atoms. The van der Waals surface area contributed by atoms with Crippen LogP contribution >= 0.6 is 0 Å². The molecular weight excluding hydrogens is 268 g/mol. The van der Waals surface area contributed by atoms with E-state index in [2.05, 4.69) is 20.1 Å². The molecule has 0 aliphatic heterocycles. The van der Waals surface area contributed by atoms with Gasteiger partial charge < -0.3 is 4.74 Å². The predicted molar refractivity (Wildman–Crippen MR) is 97.4 cm³/mol. The van der Waals surface area contributed by atoms with Gasteiger partial charge in [0.1, 0.15) is 11.9 Å². The van der Waals surface area contributed by atoms with Crippen molar-refractivity contribution >= 4 is 0 Å². The zero-order valence-electron chi connectivity index (χ0n) is 14.2. The topological polar surface area (TPSA) is 9.23 Å². The maximum absolute atomic E-state index is 6.16. The molecule has 0 aromatic heterocycles. The van der Waals surface area contributed by atoms with Crippen LogP contribution in [0.1, 0.15) is 58.3 Å². The standard InChI is InChI=1S/C21H32O/c1-4-7-8-9-10-11-15-18-21(19(5-2)6-3)22-20-16-13-12-14-17-20/h5-6,12-14,16-17,19,21H,2-4,7-11,15,18H2,1H3. The van der Waals surface area contributed by atoms with Crippen molar-refractivity contribution in [1.29, 1.82) is 0 Å². The van der Waals surface area contributed by atoms with Crippen molar-refractivity contribution < 1.29 is 4.74 Å². The van der Waals surface area contributed by atoms with Crippen molar-refractivity contribution in [2.75, 3.05) is 0 Å². The molecule has 0 heterocycles. The second-order valence-electron chi connectivity index (χ2n) is 5.93. The number of hydrogen-bond donors (Lipinski definition) is 0. The molecule has 0 aliphatic carbocycles. The van der Waals surface area contributed by atoms with Crippen molar-refractivity contribution in [3.8, 4) is 5.75 Å². The molecule has 1 aromatic rings. The van der Waals surface area contributed by atoms with Crippen LogP contribution < -0.4 is 4.74 Å². The average molecular weight is 300 g/mol. The molecule has 22 heavy (non-hydrogen) atoms. The van der Waals surface area contributed by atoms with Gasteiger partial charge in [-0.25, -0.2) is 0 Å². The third-order valence-electron chi connectivity index (χ3n) is 4.10. The Labute approximate surface area is 137 Å². The van der Waals surface area contributed by atoms with Crippen molar-refractivity contribution in [2.45, 2.75) is 64.4 Å². The predicted octanol–water partition coefficient (Wildman–Crippen LogP) is 6.56. The minimum atomic E-state index is 0.146. The van der Waals surface area contributed by atoms with E-state index < -0.39 is 0 Å². The summed E-state index contributed by atoms with van der Waals surface area (Å²) in [5.41, 5.74) is 0. The molecule has 122 valence electrons. The lowest BCUT2D eigenvalue weighted by Crippen LogP contribution is -2.24. The molecular formula is C21H32O. The molecule has 0 radical (unpaired) electrons. The van der Waals surface area contributed by atoms with E-state index in [1.807, 2.05) is 42.5 Å². The first-order chi connectivity index (χ1) is 10.8. The monoisotopic (exact) mass is 300 g/mol. The van der Waals surface area contributed by atoms with Gasteiger partial charge in [-0.05, 0) is 25.0 Å². The summed E-state index contributed by atoms with van der Waals surface area (Å²) in [5.74, 6) is 1.14. The van der Waals surface area contributed by atoms with Gasteiger partial charge in [-0.1, -0.05) is 75.8 Å². The van der Waals surface area contributed by atoms with Crippen LogP contribution in [0.3, 0.4) is 0 Å². The summed E-state index contributed by atoms with van der Waals surface area (Å²) < 4.78 is 6.16. The summed E-state index contributed by atoms with van der Waals surface area (Å²) >= 11 is 0. The Balaban J connectivity index is 2.39. The second kappa shape index (κ2) is 12.1. The van der Waals surface area contributed by atoms with Gasteiger partial charge in [-0.15, -0.1) is 13.2 Å². The zero-order chi connectivity index (χ0) is 16.0. The first-order valence-electron chi connectivity index (χ1n) is 8.78.